The number of fused-ring (bicyclic) bond motifs is 2. The van der Waals surface area contributed by atoms with E-state index >= 15 is 0 Å². The van der Waals surface area contributed by atoms with Crippen molar-refractivity contribution in [1.82, 2.24) is 19.4 Å². The van der Waals surface area contributed by atoms with Crippen LogP contribution in [0.2, 0.25) is 0 Å². The number of benzene rings is 2. The fraction of sp³-hybridized carbons (Fsp3) is 0.517. The molecule has 3 atom stereocenters. The van der Waals surface area contributed by atoms with Gasteiger partial charge in [-0.15, -0.1) is 0 Å². The highest BCUT2D eigenvalue weighted by molar-refractivity contribution is 7.88. The molecule has 216 valence electrons. The Bertz CT molecular complexity index is 1240. The third-order valence-corrected chi connectivity index (χ3v) is 8.42. The standard InChI is InChI=1S/C29H39N5O5S/c1-23(16-24-6-4-3-5-7-24)31-29(35)22-33-20-27-18-32(19-28(21-33)39-27)12-13-34(40(2,36)37)14-15-38-26-10-8-25(17-30)9-11-26/h3-11,23,27-28H,12-16,18-22H2,1-2H3,(H,31,35). The molecule has 0 radical (unpaired) electrons. The Morgan fingerprint density at radius 1 is 1.07 bits per heavy atom. The van der Waals surface area contributed by atoms with Gasteiger partial charge < -0.3 is 14.8 Å². The van der Waals surface area contributed by atoms with E-state index in [9.17, 15) is 13.2 Å². The molecule has 2 saturated heterocycles. The maximum Gasteiger partial charge on any atom is 0.234 e. The van der Waals surface area contributed by atoms with Gasteiger partial charge in [0.05, 0.1) is 36.6 Å². The van der Waals surface area contributed by atoms with E-state index in [4.69, 9.17) is 14.7 Å². The fourth-order valence-electron chi connectivity index (χ4n) is 5.30. The lowest BCUT2D eigenvalue weighted by molar-refractivity contribution is -0.145. The maximum absolute atomic E-state index is 12.7. The summed E-state index contributed by atoms with van der Waals surface area (Å²) in [6, 6.07) is 19.0. The van der Waals surface area contributed by atoms with Crippen molar-refractivity contribution in [2.75, 3.05) is 65.2 Å². The molecular weight excluding hydrogens is 530 g/mol. The molecule has 40 heavy (non-hydrogen) atoms. The van der Waals surface area contributed by atoms with Gasteiger partial charge in [-0.05, 0) is 43.2 Å². The predicted molar refractivity (Wildman–Crippen MR) is 152 cm³/mol. The Morgan fingerprint density at radius 2 is 1.73 bits per heavy atom. The molecule has 2 bridgehead atoms. The molecular formula is C29H39N5O5S. The molecule has 2 fully saturated rings. The van der Waals surface area contributed by atoms with Crippen LogP contribution in [-0.2, 0) is 26.0 Å². The van der Waals surface area contributed by atoms with E-state index in [1.807, 2.05) is 25.1 Å². The topological polar surface area (TPSA) is 115 Å². The van der Waals surface area contributed by atoms with Crippen molar-refractivity contribution in [3.05, 3.63) is 65.7 Å². The molecule has 0 spiro atoms. The number of morpholine rings is 2. The van der Waals surface area contributed by atoms with Gasteiger partial charge in [-0.2, -0.15) is 9.57 Å². The van der Waals surface area contributed by atoms with Crippen LogP contribution in [0.4, 0.5) is 0 Å². The lowest BCUT2D eigenvalue weighted by Crippen LogP contribution is -2.61. The van der Waals surface area contributed by atoms with E-state index in [2.05, 4.69) is 33.3 Å². The molecule has 0 aliphatic carbocycles. The molecule has 2 aliphatic rings. The second kappa shape index (κ2) is 14.1. The first-order chi connectivity index (χ1) is 19.2. The maximum atomic E-state index is 12.7. The average Bonchev–Trinajstić information content (AvgIpc) is 2.90. The normalized spacial score (nSPS) is 20.6. The monoisotopic (exact) mass is 569 g/mol. The molecule has 11 heteroatoms. The number of sulfonamides is 1. The number of nitrogens with one attached hydrogen (secondary N) is 1. The zero-order valence-electron chi connectivity index (χ0n) is 23.2. The second-order valence-corrected chi connectivity index (χ2v) is 12.6. The molecule has 1 N–H and O–H groups in total. The van der Waals surface area contributed by atoms with E-state index in [0.29, 0.717) is 57.1 Å². The van der Waals surface area contributed by atoms with E-state index in [-0.39, 0.29) is 37.3 Å². The Kier molecular flexibility index (Phi) is 10.5. The first-order valence-corrected chi connectivity index (χ1v) is 15.5. The van der Waals surface area contributed by atoms with Gasteiger partial charge in [0.2, 0.25) is 15.9 Å². The van der Waals surface area contributed by atoms with Gasteiger partial charge in [0.15, 0.2) is 0 Å². The van der Waals surface area contributed by atoms with E-state index < -0.39 is 10.0 Å². The minimum atomic E-state index is -3.40. The number of carbonyl (C=O) groups excluding carboxylic acids is 1. The molecule has 0 aromatic heterocycles. The number of nitriles is 1. The average molecular weight is 570 g/mol. The van der Waals surface area contributed by atoms with Gasteiger partial charge in [0, 0.05) is 51.9 Å². The lowest BCUT2D eigenvalue weighted by Gasteiger charge is -2.46. The molecule has 2 aromatic rings. The summed E-state index contributed by atoms with van der Waals surface area (Å²) in [5.74, 6) is 0.615. The van der Waals surface area contributed by atoms with Crippen molar-refractivity contribution in [3.63, 3.8) is 0 Å². The Labute approximate surface area is 237 Å². The summed E-state index contributed by atoms with van der Waals surface area (Å²) in [4.78, 5) is 17.1. The summed E-state index contributed by atoms with van der Waals surface area (Å²) in [7, 11) is -3.40. The predicted octanol–water partition coefficient (Wildman–Crippen LogP) is 1.33. The number of amides is 1. The number of nitrogens with zero attached hydrogens (tertiary/aromatic N) is 4. The fourth-order valence-corrected chi connectivity index (χ4v) is 6.12. The Hall–Kier alpha value is -3.01. The highest BCUT2D eigenvalue weighted by Crippen LogP contribution is 2.19. The smallest absolute Gasteiger partial charge is 0.234 e. The van der Waals surface area contributed by atoms with E-state index in [1.54, 1.807) is 24.3 Å². The summed E-state index contributed by atoms with van der Waals surface area (Å²) in [6.45, 7) is 6.50. The van der Waals surface area contributed by atoms with Crippen LogP contribution >= 0.6 is 0 Å². The van der Waals surface area contributed by atoms with Gasteiger partial charge in [-0.3, -0.25) is 14.6 Å². The summed E-state index contributed by atoms with van der Waals surface area (Å²) < 4.78 is 38.1. The van der Waals surface area contributed by atoms with E-state index in [0.717, 1.165) is 6.42 Å². The van der Waals surface area contributed by atoms with Crippen molar-refractivity contribution in [2.45, 2.75) is 31.6 Å². The van der Waals surface area contributed by atoms with Crippen LogP contribution in [0.25, 0.3) is 0 Å². The van der Waals surface area contributed by atoms with Crippen LogP contribution in [0.15, 0.2) is 54.6 Å². The first-order valence-electron chi connectivity index (χ1n) is 13.7. The highest BCUT2D eigenvalue weighted by atomic mass is 32.2. The minimum Gasteiger partial charge on any atom is -0.492 e. The third kappa shape index (κ3) is 9.28. The summed E-state index contributed by atoms with van der Waals surface area (Å²) in [5.41, 5.74) is 1.74. The van der Waals surface area contributed by atoms with Crippen molar-refractivity contribution in [2.24, 2.45) is 0 Å². The third-order valence-electron chi connectivity index (χ3n) is 7.12. The van der Waals surface area contributed by atoms with Crippen molar-refractivity contribution in [1.29, 1.82) is 5.26 Å². The molecule has 2 aliphatic heterocycles. The number of carbonyl (C=O) groups is 1. The van der Waals surface area contributed by atoms with Gasteiger partial charge in [-0.25, -0.2) is 8.42 Å². The van der Waals surface area contributed by atoms with Crippen LogP contribution in [-0.4, -0.2) is 112 Å². The molecule has 1 amide bonds. The highest BCUT2D eigenvalue weighted by Gasteiger charge is 2.35. The molecule has 0 saturated carbocycles. The van der Waals surface area contributed by atoms with Crippen molar-refractivity contribution in [3.8, 4) is 11.8 Å². The van der Waals surface area contributed by atoms with Crippen molar-refractivity contribution >= 4 is 15.9 Å². The minimum absolute atomic E-state index is 0.0200. The molecule has 10 nitrogen and oxygen atoms in total. The van der Waals surface area contributed by atoms with Gasteiger partial charge >= 0.3 is 0 Å². The SMILES string of the molecule is CC(Cc1ccccc1)NC(=O)CN1CC2CN(CCN(CCOc3ccc(C#N)cc3)S(C)(=O)=O)CC(C1)O2. The molecule has 3 unspecified atom stereocenters. The van der Waals surface area contributed by atoms with Crippen LogP contribution in [0, 0.1) is 11.3 Å². The van der Waals surface area contributed by atoms with Crippen LogP contribution in [0.5, 0.6) is 5.75 Å². The van der Waals surface area contributed by atoms with Gasteiger partial charge in [0.1, 0.15) is 12.4 Å². The summed E-state index contributed by atoms with van der Waals surface area (Å²) in [5, 5.41) is 12.0. The molecule has 2 aromatic carbocycles. The number of hydrogen-bond donors (Lipinski definition) is 1. The molecule has 4 rings (SSSR count). The molecule has 2 heterocycles. The number of ether oxygens (including phenoxy) is 2. The van der Waals surface area contributed by atoms with Gasteiger partial charge in [0.25, 0.3) is 0 Å². The van der Waals surface area contributed by atoms with Crippen LogP contribution in [0.3, 0.4) is 0 Å². The zero-order valence-corrected chi connectivity index (χ0v) is 24.1. The first kappa shape index (κ1) is 30.0. The quantitative estimate of drug-likeness (QED) is 0.384. The Balaban J connectivity index is 1.19. The van der Waals surface area contributed by atoms with Crippen LogP contribution < -0.4 is 10.1 Å². The zero-order chi connectivity index (χ0) is 28.5. The second-order valence-electron chi connectivity index (χ2n) is 10.6. The van der Waals surface area contributed by atoms with Crippen LogP contribution in [0.1, 0.15) is 18.1 Å². The Morgan fingerprint density at radius 3 is 2.35 bits per heavy atom. The lowest BCUT2D eigenvalue weighted by atomic mass is 10.1. The number of rotatable bonds is 13. The van der Waals surface area contributed by atoms with Gasteiger partial charge in [-0.1, -0.05) is 30.3 Å². The number of hydrogen-bond acceptors (Lipinski definition) is 8. The van der Waals surface area contributed by atoms with Crippen molar-refractivity contribution < 1.29 is 22.7 Å². The summed E-state index contributed by atoms with van der Waals surface area (Å²) in [6.07, 6.45) is 1.97. The van der Waals surface area contributed by atoms with E-state index in [1.165, 1.54) is 16.1 Å². The largest absolute Gasteiger partial charge is 0.492 e. The summed E-state index contributed by atoms with van der Waals surface area (Å²) >= 11 is 0.